The Morgan fingerprint density at radius 2 is 1.39 bits per heavy atom. The number of hydrogen-bond donors (Lipinski definition) is 1. The fourth-order valence-corrected chi connectivity index (χ4v) is 12.3. The third-order valence-electron chi connectivity index (χ3n) is 15.9. The maximum absolute atomic E-state index is 16.2. The van der Waals surface area contributed by atoms with Crippen LogP contribution in [0.15, 0.2) is 126 Å². The van der Waals surface area contributed by atoms with Gasteiger partial charge in [0.1, 0.15) is 41.6 Å². The highest BCUT2D eigenvalue weighted by Gasteiger charge is 2.79. The van der Waals surface area contributed by atoms with Crippen molar-refractivity contribution in [3.05, 3.63) is 149 Å². The van der Waals surface area contributed by atoms with Crippen LogP contribution in [0.25, 0.3) is 0 Å². The Hall–Kier alpha value is -6.92. The van der Waals surface area contributed by atoms with E-state index in [1.54, 1.807) is 124 Å². The van der Waals surface area contributed by atoms with Crippen LogP contribution in [-0.4, -0.2) is 119 Å². The van der Waals surface area contributed by atoms with Gasteiger partial charge >= 0.3 is 29.8 Å². The largest absolute Gasteiger partial charge is 0.497 e. The summed E-state index contributed by atoms with van der Waals surface area (Å²) in [4.78, 5) is 103. The van der Waals surface area contributed by atoms with Crippen molar-refractivity contribution in [3.8, 4) is 5.75 Å². The second-order valence-electron chi connectivity index (χ2n) is 20.4. The molecule has 0 unspecified atom stereocenters. The second-order valence-corrected chi connectivity index (χ2v) is 20.7. The highest BCUT2D eigenvalue weighted by molar-refractivity contribution is 6.26. The molecule has 0 aromatic heterocycles. The number of carbonyl (C=O) groups is 7. The molecule has 12 atom stereocenters. The number of nitrogens with zero attached hydrogens (tertiary/aromatic N) is 1. The molecule has 2 aliphatic heterocycles. The molecular formula is C57H58ClNO16. The molecule has 4 fully saturated rings. The Bertz CT molecular complexity index is 2910. The number of esters is 5. The number of amides is 1. The number of carbonyl (C=O) groups excluding carboxylic acids is 7. The Labute approximate surface area is 438 Å². The molecule has 3 aliphatic carbocycles. The number of benzene rings is 4. The van der Waals surface area contributed by atoms with Gasteiger partial charge in [0.15, 0.2) is 29.8 Å². The highest BCUT2D eigenvalue weighted by Crippen LogP contribution is 2.65. The molecule has 0 radical (unpaired) electrons. The number of halogens is 1. The fraction of sp³-hybridized carbons (Fsp3) is 0.421. The van der Waals surface area contributed by atoms with Gasteiger partial charge in [-0.2, -0.15) is 0 Å². The zero-order valence-corrected chi connectivity index (χ0v) is 43.1. The van der Waals surface area contributed by atoms with Crippen LogP contribution in [0.4, 0.5) is 0 Å². The van der Waals surface area contributed by atoms with E-state index in [0.717, 1.165) is 13.8 Å². The lowest BCUT2D eigenvalue weighted by molar-refractivity contribution is -0.346. The number of hydrogen-bond acceptors (Lipinski definition) is 16. The van der Waals surface area contributed by atoms with Gasteiger partial charge < -0.3 is 43.0 Å². The van der Waals surface area contributed by atoms with Crippen LogP contribution in [0.2, 0.25) is 0 Å². The summed E-state index contributed by atoms with van der Waals surface area (Å²) in [6.45, 7) is 8.05. The van der Waals surface area contributed by atoms with Gasteiger partial charge in [0.25, 0.3) is 5.91 Å². The number of ether oxygens (including phenoxy) is 8. The van der Waals surface area contributed by atoms with Crippen LogP contribution in [-0.2, 0) is 57.1 Å². The first-order valence-corrected chi connectivity index (χ1v) is 25.2. The summed E-state index contributed by atoms with van der Waals surface area (Å²) < 4.78 is 49.7. The number of aliphatic hydroxyl groups is 1. The first-order valence-electron chi connectivity index (χ1n) is 24.6. The molecule has 0 spiro atoms. The van der Waals surface area contributed by atoms with Crippen molar-refractivity contribution in [2.45, 2.75) is 114 Å². The third kappa shape index (κ3) is 8.96. The molecule has 5 aliphatic rings. The van der Waals surface area contributed by atoms with Crippen molar-refractivity contribution < 1.29 is 76.6 Å². The Balaban J connectivity index is 1.23. The summed E-state index contributed by atoms with van der Waals surface area (Å²) in [6.07, 6.45) is -11.3. The first-order chi connectivity index (χ1) is 35.7. The minimum atomic E-state index is -2.45. The van der Waals surface area contributed by atoms with Crippen LogP contribution in [0.3, 0.4) is 0 Å². The van der Waals surface area contributed by atoms with Gasteiger partial charge in [-0.05, 0) is 67.0 Å². The molecule has 2 saturated carbocycles. The average molecular weight is 1050 g/mol. The topological polar surface area (TPSA) is 217 Å². The van der Waals surface area contributed by atoms with Crippen molar-refractivity contribution in [3.63, 3.8) is 0 Å². The zero-order valence-electron chi connectivity index (χ0n) is 42.4. The predicted octanol–water partition coefficient (Wildman–Crippen LogP) is 6.98. The summed E-state index contributed by atoms with van der Waals surface area (Å²) in [7, 11) is 1.52. The molecule has 1 amide bonds. The molecule has 18 heteroatoms. The SMILES string of the molecule is COc1ccc([C@H]2O[C@H](C(=O)O[C@H]3C[C@@]4(O)[C@@H](OC(=O)c5ccccc5)[C@@H]5[C@]6(OC(C)=O)CO[C@@H]6C[C@H](OC(=O)CCl)[C@@]5(C)C(=O)[C@H](OC(C)=O)C(=C3C)C4(C)C)[C@@H](c3ccccc3)N2C(=O)c2ccccc2)cc1. The Kier molecular flexibility index (Phi) is 14.3. The fourth-order valence-electron chi connectivity index (χ4n) is 12.3. The molecule has 2 bridgehead atoms. The molecule has 9 rings (SSSR count). The van der Waals surface area contributed by atoms with E-state index in [4.69, 9.17) is 49.5 Å². The van der Waals surface area contributed by atoms with Crippen molar-refractivity contribution in [1.82, 2.24) is 4.90 Å². The minimum Gasteiger partial charge on any atom is -0.497 e. The predicted molar refractivity (Wildman–Crippen MR) is 266 cm³/mol. The maximum atomic E-state index is 16.2. The van der Waals surface area contributed by atoms with E-state index in [2.05, 4.69) is 0 Å². The summed E-state index contributed by atoms with van der Waals surface area (Å²) >= 11 is 6.01. The molecule has 17 nitrogen and oxygen atoms in total. The molecule has 1 N–H and O–H groups in total. The van der Waals surface area contributed by atoms with E-state index in [1.807, 2.05) is 0 Å². The lowest BCUT2D eigenvalue weighted by Crippen LogP contribution is -2.82. The van der Waals surface area contributed by atoms with Gasteiger partial charge in [-0.25, -0.2) is 9.59 Å². The van der Waals surface area contributed by atoms with E-state index >= 15 is 9.59 Å². The van der Waals surface area contributed by atoms with E-state index in [1.165, 1.54) is 31.1 Å². The van der Waals surface area contributed by atoms with Crippen LogP contribution < -0.4 is 4.74 Å². The molecule has 394 valence electrons. The van der Waals surface area contributed by atoms with Gasteiger partial charge in [-0.1, -0.05) is 92.7 Å². The summed E-state index contributed by atoms with van der Waals surface area (Å²) in [5.74, 6) is -7.65. The van der Waals surface area contributed by atoms with Crippen LogP contribution in [0, 0.1) is 16.7 Å². The molecule has 4 aromatic carbocycles. The standard InChI is InChI=1S/C57H58ClNO16/c1-31-39(71-53(66)46-44(34-17-11-8-12-18-34)59(50(64)35-19-13-9-14-20-35)51(73-46)36-23-25-38(68-7)26-24-36)28-57(67)49(74-52(65)37-21-15-10-16-22-37)47-55(6,48(63)45(70-32(2)60)43(31)54(57,4)5)40(72-42(62)29-58)27-41-56(47,30-69-41)75-33(3)61/h8-26,39-41,44-47,49,51,67H,27-30H2,1-7H3/t39-,40-,41+,44+,45+,46-,47-,49-,51+,55+,56-,57+/m0/s1. The van der Waals surface area contributed by atoms with Gasteiger partial charge in [0, 0.05) is 43.2 Å². The highest BCUT2D eigenvalue weighted by atomic mass is 35.5. The molecule has 75 heavy (non-hydrogen) atoms. The summed E-state index contributed by atoms with van der Waals surface area (Å²) in [5, 5.41) is 14.2. The van der Waals surface area contributed by atoms with Gasteiger partial charge in [-0.15, -0.1) is 11.6 Å². The monoisotopic (exact) mass is 1050 g/mol. The number of fused-ring (bicyclic) bond motifs is 5. The van der Waals surface area contributed by atoms with Crippen LogP contribution in [0.5, 0.6) is 5.75 Å². The Morgan fingerprint density at radius 3 is 1.95 bits per heavy atom. The number of ketones is 1. The lowest BCUT2D eigenvalue weighted by atomic mass is 9.44. The van der Waals surface area contributed by atoms with E-state index in [9.17, 15) is 29.1 Å². The van der Waals surface area contributed by atoms with Crippen molar-refractivity contribution in [2.75, 3.05) is 19.6 Å². The maximum Gasteiger partial charge on any atom is 0.338 e. The van der Waals surface area contributed by atoms with E-state index in [0.29, 0.717) is 22.4 Å². The minimum absolute atomic E-state index is 0.00503. The third-order valence-corrected chi connectivity index (χ3v) is 16.2. The quantitative estimate of drug-likeness (QED) is 0.0655. The molecular weight excluding hydrogens is 990 g/mol. The number of methoxy groups -OCH3 is 1. The zero-order chi connectivity index (χ0) is 53.8. The van der Waals surface area contributed by atoms with Gasteiger partial charge in [0.05, 0.1) is 36.7 Å². The first kappa shape index (κ1) is 52.9. The van der Waals surface area contributed by atoms with Gasteiger partial charge in [-0.3, -0.25) is 28.9 Å². The van der Waals surface area contributed by atoms with Gasteiger partial charge in [0.2, 0.25) is 0 Å². The second kappa shape index (κ2) is 20.3. The Morgan fingerprint density at radius 1 is 0.773 bits per heavy atom. The smallest absolute Gasteiger partial charge is 0.338 e. The van der Waals surface area contributed by atoms with E-state index in [-0.39, 0.29) is 29.7 Å². The summed E-state index contributed by atoms with van der Waals surface area (Å²) in [5.41, 5.74) is -6.59. The molecule has 2 saturated heterocycles. The average Bonchev–Trinajstić information content (AvgIpc) is 3.82. The number of Topliss-reactive ketones (excluding diaryl/α,β-unsaturated/α-hetero) is 1. The van der Waals surface area contributed by atoms with Crippen LogP contribution in [0.1, 0.15) is 98.5 Å². The molecule has 2 heterocycles. The summed E-state index contributed by atoms with van der Waals surface area (Å²) in [6, 6.07) is 30.9. The van der Waals surface area contributed by atoms with Crippen molar-refractivity contribution in [1.29, 1.82) is 0 Å². The number of rotatable bonds is 12. The van der Waals surface area contributed by atoms with E-state index < -0.39 is 131 Å². The number of alkyl halides is 1. The van der Waals surface area contributed by atoms with Crippen LogP contribution >= 0.6 is 11.6 Å². The van der Waals surface area contributed by atoms with Crippen molar-refractivity contribution in [2.24, 2.45) is 16.7 Å². The lowest BCUT2D eigenvalue weighted by Gasteiger charge is -2.67. The van der Waals surface area contributed by atoms with Crippen molar-refractivity contribution >= 4 is 53.1 Å². The normalized spacial score (nSPS) is 31.5. The molecule has 4 aromatic rings.